The quantitative estimate of drug-likeness (QED) is 0.703. The van der Waals surface area contributed by atoms with Crippen LogP contribution in [-0.4, -0.2) is 27.0 Å². The molecule has 0 aromatic heterocycles. The SMILES string of the molecule is O=C(COCc1ccccc1)NCc1ccc(S(=O)(=O)NC2CC2)cc1. The number of ether oxygens (including phenoxy) is 1. The molecule has 1 aliphatic carbocycles. The van der Waals surface area contributed by atoms with Crippen molar-refractivity contribution in [3.8, 4) is 0 Å². The molecule has 2 aromatic rings. The van der Waals surface area contributed by atoms with Crippen LogP contribution in [0, 0.1) is 0 Å². The maximum atomic E-state index is 12.1. The van der Waals surface area contributed by atoms with Gasteiger partial charge in [-0.1, -0.05) is 42.5 Å². The highest BCUT2D eigenvalue weighted by Gasteiger charge is 2.27. The van der Waals surface area contributed by atoms with Crippen molar-refractivity contribution in [3.05, 3.63) is 65.7 Å². The van der Waals surface area contributed by atoms with Gasteiger partial charge in [-0.3, -0.25) is 4.79 Å². The van der Waals surface area contributed by atoms with E-state index < -0.39 is 10.0 Å². The van der Waals surface area contributed by atoms with Gasteiger partial charge in [0.05, 0.1) is 11.5 Å². The zero-order valence-corrected chi connectivity index (χ0v) is 15.2. The van der Waals surface area contributed by atoms with E-state index in [2.05, 4.69) is 10.0 Å². The molecule has 0 atom stereocenters. The third-order valence-corrected chi connectivity index (χ3v) is 5.50. The highest BCUT2D eigenvalue weighted by Crippen LogP contribution is 2.22. The molecule has 1 aliphatic rings. The fourth-order valence-corrected chi connectivity index (χ4v) is 3.67. The summed E-state index contributed by atoms with van der Waals surface area (Å²) >= 11 is 0. The predicted octanol–water partition coefficient (Wildman–Crippen LogP) is 1.96. The van der Waals surface area contributed by atoms with Crippen LogP contribution in [0.15, 0.2) is 59.5 Å². The van der Waals surface area contributed by atoms with Gasteiger partial charge in [0, 0.05) is 12.6 Å². The maximum absolute atomic E-state index is 12.1. The molecule has 0 unspecified atom stereocenters. The molecule has 0 saturated heterocycles. The Morgan fingerprint density at radius 1 is 1.00 bits per heavy atom. The van der Waals surface area contributed by atoms with Gasteiger partial charge >= 0.3 is 0 Å². The van der Waals surface area contributed by atoms with Gasteiger partial charge in [-0.2, -0.15) is 0 Å². The van der Waals surface area contributed by atoms with Gasteiger partial charge in [0.15, 0.2) is 0 Å². The summed E-state index contributed by atoms with van der Waals surface area (Å²) in [6.45, 7) is 0.686. The van der Waals surface area contributed by atoms with Gasteiger partial charge in [0.2, 0.25) is 15.9 Å². The smallest absolute Gasteiger partial charge is 0.246 e. The fourth-order valence-electron chi connectivity index (χ4n) is 2.36. The molecular weight excluding hydrogens is 352 g/mol. The zero-order valence-electron chi connectivity index (χ0n) is 14.4. The van der Waals surface area contributed by atoms with Gasteiger partial charge in [-0.25, -0.2) is 13.1 Å². The van der Waals surface area contributed by atoms with E-state index in [0.717, 1.165) is 24.0 Å². The standard InChI is InChI=1S/C19H22N2O4S/c22-19(14-25-13-16-4-2-1-3-5-16)20-12-15-6-10-18(11-7-15)26(23,24)21-17-8-9-17/h1-7,10-11,17,21H,8-9,12-14H2,(H,20,22). The van der Waals surface area contributed by atoms with E-state index in [4.69, 9.17) is 4.74 Å². The first kappa shape index (κ1) is 18.6. The third kappa shape index (κ3) is 5.66. The first-order valence-electron chi connectivity index (χ1n) is 8.52. The average Bonchev–Trinajstić information content (AvgIpc) is 3.44. The van der Waals surface area contributed by atoms with E-state index in [0.29, 0.717) is 13.2 Å². The molecule has 0 aliphatic heterocycles. The van der Waals surface area contributed by atoms with Gasteiger partial charge in [0.25, 0.3) is 0 Å². The van der Waals surface area contributed by atoms with E-state index in [1.807, 2.05) is 30.3 Å². The molecule has 0 heterocycles. The molecule has 7 heteroatoms. The summed E-state index contributed by atoms with van der Waals surface area (Å²) in [4.78, 5) is 12.1. The van der Waals surface area contributed by atoms with Crippen LogP contribution in [0.2, 0.25) is 0 Å². The second-order valence-electron chi connectivity index (χ2n) is 6.29. The number of benzene rings is 2. The predicted molar refractivity (Wildman–Crippen MR) is 97.7 cm³/mol. The lowest BCUT2D eigenvalue weighted by molar-refractivity contribution is -0.126. The minimum atomic E-state index is -3.44. The molecule has 1 saturated carbocycles. The molecule has 0 spiro atoms. The molecule has 3 rings (SSSR count). The van der Waals surface area contributed by atoms with E-state index in [9.17, 15) is 13.2 Å². The Labute approximate surface area is 153 Å². The van der Waals surface area contributed by atoms with Gasteiger partial charge < -0.3 is 10.1 Å². The monoisotopic (exact) mass is 374 g/mol. The second kappa shape index (κ2) is 8.44. The number of amides is 1. The average molecular weight is 374 g/mol. The summed E-state index contributed by atoms with van der Waals surface area (Å²) in [7, 11) is -3.44. The van der Waals surface area contributed by atoms with Crippen molar-refractivity contribution in [2.75, 3.05) is 6.61 Å². The number of rotatable bonds is 9. The maximum Gasteiger partial charge on any atom is 0.246 e. The Hall–Kier alpha value is -2.22. The van der Waals surface area contributed by atoms with Gasteiger partial charge in [0.1, 0.15) is 6.61 Å². The van der Waals surface area contributed by atoms with Gasteiger partial charge in [-0.05, 0) is 36.1 Å². The van der Waals surface area contributed by atoms with Crippen LogP contribution < -0.4 is 10.0 Å². The molecule has 138 valence electrons. The van der Waals surface area contributed by atoms with Crippen LogP contribution >= 0.6 is 0 Å². The number of carbonyl (C=O) groups is 1. The number of hydrogen-bond donors (Lipinski definition) is 2. The number of sulfonamides is 1. The van der Waals surface area contributed by atoms with Crippen LogP contribution in [0.5, 0.6) is 0 Å². The van der Waals surface area contributed by atoms with Crippen LogP contribution in [0.4, 0.5) is 0 Å². The molecule has 6 nitrogen and oxygen atoms in total. The molecular formula is C19H22N2O4S. The molecule has 1 amide bonds. The van der Waals surface area contributed by atoms with Gasteiger partial charge in [-0.15, -0.1) is 0 Å². The highest BCUT2D eigenvalue weighted by molar-refractivity contribution is 7.89. The summed E-state index contributed by atoms with van der Waals surface area (Å²) in [6.07, 6.45) is 1.80. The molecule has 0 radical (unpaired) electrons. The van der Waals surface area contributed by atoms with Crippen LogP contribution in [0.25, 0.3) is 0 Å². The lowest BCUT2D eigenvalue weighted by Gasteiger charge is -2.08. The Morgan fingerprint density at radius 3 is 2.35 bits per heavy atom. The lowest BCUT2D eigenvalue weighted by Crippen LogP contribution is -2.27. The Balaban J connectivity index is 1.42. The van der Waals surface area contributed by atoms with E-state index >= 15 is 0 Å². The Bertz CT molecular complexity index is 832. The molecule has 2 aromatic carbocycles. The minimum Gasteiger partial charge on any atom is -0.367 e. The zero-order chi connectivity index (χ0) is 18.4. The fraction of sp³-hybridized carbons (Fsp3) is 0.316. The summed E-state index contributed by atoms with van der Waals surface area (Å²) in [6, 6.07) is 16.2. The van der Waals surface area contributed by atoms with Crippen molar-refractivity contribution < 1.29 is 17.9 Å². The van der Waals surface area contributed by atoms with Crippen molar-refractivity contribution >= 4 is 15.9 Å². The topological polar surface area (TPSA) is 84.5 Å². The summed E-state index contributed by atoms with van der Waals surface area (Å²) < 4.78 is 32.2. The first-order valence-corrected chi connectivity index (χ1v) is 10.0. The normalized spacial score (nSPS) is 14.2. The number of carbonyl (C=O) groups excluding carboxylic acids is 1. The van der Waals surface area contributed by atoms with Crippen molar-refractivity contribution in [3.63, 3.8) is 0 Å². The third-order valence-electron chi connectivity index (χ3n) is 3.97. The first-order chi connectivity index (χ1) is 12.5. The van der Waals surface area contributed by atoms with Crippen molar-refractivity contribution in [1.29, 1.82) is 0 Å². The molecule has 1 fully saturated rings. The largest absolute Gasteiger partial charge is 0.367 e. The summed E-state index contributed by atoms with van der Waals surface area (Å²) in [5.74, 6) is -0.215. The summed E-state index contributed by atoms with van der Waals surface area (Å²) in [5.41, 5.74) is 1.84. The molecule has 26 heavy (non-hydrogen) atoms. The van der Waals surface area contributed by atoms with Crippen LogP contribution in [0.3, 0.4) is 0 Å². The second-order valence-corrected chi connectivity index (χ2v) is 8.01. The lowest BCUT2D eigenvalue weighted by atomic mass is 10.2. The van der Waals surface area contributed by atoms with Crippen molar-refractivity contribution in [2.45, 2.75) is 36.9 Å². The van der Waals surface area contributed by atoms with E-state index in [1.54, 1.807) is 24.3 Å². The summed E-state index contributed by atoms with van der Waals surface area (Å²) in [5, 5.41) is 2.76. The Morgan fingerprint density at radius 2 is 1.69 bits per heavy atom. The van der Waals surface area contributed by atoms with Crippen molar-refractivity contribution in [2.24, 2.45) is 0 Å². The van der Waals surface area contributed by atoms with Crippen LogP contribution in [0.1, 0.15) is 24.0 Å². The van der Waals surface area contributed by atoms with E-state index in [1.165, 1.54) is 0 Å². The number of hydrogen-bond acceptors (Lipinski definition) is 4. The molecule has 0 bridgehead atoms. The number of nitrogens with one attached hydrogen (secondary N) is 2. The van der Waals surface area contributed by atoms with Crippen molar-refractivity contribution in [1.82, 2.24) is 10.0 Å². The minimum absolute atomic E-state index is 0.0212. The Kier molecular flexibility index (Phi) is 6.03. The van der Waals surface area contributed by atoms with E-state index in [-0.39, 0.29) is 23.5 Å². The molecule has 2 N–H and O–H groups in total. The van der Waals surface area contributed by atoms with Crippen LogP contribution in [-0.2, 0) is 32.7 Å². The highest BCUT2D eigenvalue weighted by atomic mass is 32.2.